The Morgan fingerprint density at radius 2 is 1.65 bits per heavy atom. The maximum Gasteiger partial charge on any atom is 0.343 e. The molecule has 0 aliphatic heterocycles. The zero-order valence-electron chi connectivity index (χ0n) is 22.7. The van der Waals surface area contributed by atoms with Gasteiger partial charge in [-0.15, -0.1) is 0 Å². The Kier molecular flexibility index (Phi) is 8.09. The largest absolute Gasteiger partial charge is 0.497 e. The maximum atomic E-state index is 13.6. The van der Waals surface area contributed by atoms with Gasteiger partial charge in [0.05, 0.1) is 28.9 Å². The summed E-state index contributed by atoms with van der Waals surface area (Å²) in [5, 5.41) is 7.25. The number of hydrogen-bond donors (Lipinski definition) is 2. The van der Waals surface area contributed by atoms with E-state index in [-0.39, 0.29) is 5.75 Å². The lowest BCUT2D eigenvalue weighted by Gasteiger charge is -2.11. The van der Waals surface area contributed by atoms with Gasteiger partial charge in [0.25, 0.3) is 5.91 Å². The van der Waals surface area contributed by atoms with E-state index >= 15 is 0 Å². The maximum absolute atomic E-state index is 13.6. The van der Waals surface area contributed by atoms with Crippen molar-refractivity contribution < 1.29 is 19.1 Å². The van der Waals surface area contributed by atoms with Crippen molar-refractivity contribution in [3.8, 4) is 22.6 Å². The number of fused-ring (bicyclic) bond motifs is 3. The normalized spacial score (nSPS) is 11.2. The van der Waals surface area contributed by atoms with E-state index in [4.69, 9.17) is 9.47 Å². The monoisotopic (exact) mass is 695 g/mol. The average Bonchev–Trinajstić information content (AvgIpc) is 3.43. The van der Waals surface area contributed by atoms with Gasteiger partial charge in [0.1, 0.15) is 11.4 Å². The van der Waals surface area contributed by atoms with Crippen LogP contribution in [-0.2, 0) is 0 Å². The van der Waals surface area contributed by atoms with E-state index < -0.39 is 11.9 Å². The first kappa shape index (κ1) is 28.4. The van der Waals surface area contributed by atoms with E-state index in [1.165, 1.54) is 13.3 Å². The highest BCUT2D eigenvalue weighted by Crippen LogP contribution is 2.36. The fraction of sp³-hybridized carbons (Fsp3) is 0.0294. The van der Waals surface area contributed by atoms with E-state index in [0.29, 0.717) is 27.0 Å². The summed E-state index contributed by atoms with van der Waals surface area (Å²) in [6, 6.07) is 32.0. The first-order valence-corrected chi connectivity index (χ1v) is 14.8. The Morgan fingerprint density at radius 3 is 2.47 bits per heavy atom. The summed E-state index contributed by atoms with van der Waals surface area (Å²) in [5.74, 6) is -0.206. The third kappa shape index (κ3) is 5.82. The first-order valence-electron chi connectivity index (χ1n) is 13.2. The zero-order valence-corrected chi connectivity index (χ0v) is 25.9. The van der Waals surface area contributed by atoms with Crippen molar-refractivity contribution in [1.29, 1.82) is 0 Å². The lowest BCUT2D eigenvalue weighted by atomic mass is 9.99. The minimum atomic E-state index is -0.571. The number of nitrogens with one attached hydrogen (secondary N) is 2. The van der Waals surface area contributed by atoms with Crippen LogP contribution in [-0.4, -0.2) is 30.2 Å². The predicted octanol–water partition coefficient (Wildman–Crippen LogP) is 8.50. The minimum absolute atomic E-state index is 0.246. The number of aromatic amines is 1. The lowest BCUT2D eigenvalue weighted by Crippen LogP contribution is -2.19. The standard InChI is InChI=1S/C34H23Br2N3O4/c1-42-25-12-7-11-22(17-25)34(41)43-32-23(16-24(35)18-28(32)36)19-37-39-33(40)31-29(21-9-3-2-4-10-21)27-15-14-20-8-5-6-13-26(20)30(27)38-31/h2-19,38H,1H3,(H,39,40). The van der Waals surface area contributed by atoms with Crippen LogP contribution in [0.1, 0.15) is 26.4 Å². The molecule has 0 spiro atoms. The van der Waals surface area contributed by atoms with E-state index in [2.05, 4.69) is 53.4 Å². The van der Waals surface area contributed by atoms with Crippen LogP contribution in [0, 0.1) is 0 Å². The Bertz CT molecular complexity index is 2040. The van der Waals surface area contributed by atoms with Gasteiger partial charge < -0.3 is 14.5 Å². The van der Waals surface area contributed by atoms with Gasteiger partial charge in [-0.25, -0.2) is 10.2 Å². The SMILES string of the molecule is COc1cccc(C(=O)Oc2c(Br)cc(Br)cc2C=NNC(=O)c2[nH]c3c(ccc4ccccc43)c2-c2ccccc2)c1. The van der Waals surface area contributed by atoms with Crippen molar-refractivity contribution in [2.75, 3.05) is 7.11 Å². The van der Waals surface area contributed by atoms with Crippen molar-refractivity contribution in [3.05, 3.63) is 129 Å². The molecule has 212 valence electrons. The van der Waals surface area contributed by atoms with E-state index in [1.54, 1.807) is 36.4 Å². The molecule has 7 nitrogen and oxygen atoms in total. The van der Waals surface area contributed by atoms with Gasteiger partial charge in [-0.1, -0.05) is 88.7 Å². The van der Waals surface area contributed by atoms with Gasteiger partial charge in [-0.3, -0.25) is 4.79 Å². The van der Waals surface area contributed by atoms with Crippen molar-refractivity contribution in [2.45, 2.75) is 0 Å². The third-order valence-corrected chi connectivity index (χ3v) is 7.94. The summed E-state index contributed by atoms with van der Waals surface area (Å²) in [7, 11) is 1.53. The van der Waals surface area contributed by atoms with Gasteiger partial charge in [-0.2, -0.15) is 5.10 Å². The Hall–Kier alpha value is -4.73. The van der Waals surface area contributed by atoms with Crippen molar-refractivity contribution in [3.63, 3.8) is 0 Å². The Labute approximate surface area is 263 Å². The number of hydrazone groups is 1. The van der Waals surface area contributed by atoms with Crippen molar-refractivity contribution >= 4 is 71.6 Å². The number of carbonyl (C=O) groups is 2. The van der Waals surface area contributed by atoms with Crippen LogP contribution >= 0.6 is 31.9 Å². The molecule has 0 saturated carbocycles. The number of ether oxygens (including phenoxy) is 2. The number of esters is 1. The number of benzene rings is 5. The smallest absolute Gasteiger partial charge is 0.343 e. The summed E-state index contributed by atoms with van der Waals surface area (Å²) >= 11 is 6.94. The summed E-state index contributed by atoms with van der Waals surface area (Å²) in [6.07, 6.45) is 1.43. The molecule has 0 aliphatic rings. The summed E-state index contributed by atoms with van der Waals surface area (Å²) in [5.41, 5.74) is 6.37. The van der Waals surface area contributed by atoms with Gasteiger partial charge >= 0.3 is 5.97 Å². The zero-order chi connectivity index (χ0) is 29.9. The molecule has 0 unspecified atom stereocenters. The molecule has 1 heterocycles. The highest BCUT2D eigenvalue weighted by Gasteiger charge is 2.21. The number of halogens is 2. The van der Waals surface area contributed by atoms with Crippen LogP contribution in [0.2, 0.25) is 0 Å². The molecule has 1 amide bonds. The number of nitrogens with zero attached hydrogens (tertiary/aromatic N) is 1. The molecule has 0 atom stereocenters. The molecule has 0 radical (unpaired) electrons. The average molecular weight is 697 g/mol. The Balaban J connectivity index is 1.33. The molecule has 0 saturated heterocycles. The number of amides is 1. The molecule has 0 aliphatic carbocycles. The topological polar surface area (TPSA) is 92.8 Å². The number of hydrogen-bond acceptors (Lipinski definition) is 5. The third-order valence-electron chi connectivity index (χ3n) is 6.89. The van der Waals surface area contributed by atoms with Crippen LogP contribution in [0.25, 0.3) is 32.8 Å². The molecular weight excluding hydrogens is 674 g/mol. The highest BCUT2D eigenvalue weighted by molar-refractivity contribution is 9.11. The number of carbonyl (C=O) groups excluding carboxylic acids is 2. The molecule has 5 aromatic carbocycles. The fourth-order valence-electron chi connectivity index (χ4n) is 4.91. The van der Waals surface area contributed by atoms with Gasteiger partial charge in [0, 0.05) is 26.4 Å². The molecule has 9 heteroatoms. The molecular formula is C34H23Br2N3O4. The van der Waals surface area contributed by atoms with Crippen molar-refractivity contribution in [2.24, 2.45) is 5.10 Å². The number of rotatable bonds is 7. The molecule has 0 fully saturated rings. The van der Waals surface area contributed by atoms with Gasteiger partial charge in [0.15, 0.2) is 5.75 Å². The number of H-pyrrole nitrogens is 1. The molecule has 1 aromatic heterocycles. The van der Waals surface area contributed by atoms with E-state index in [9.17, 15) is 9.59 Å². The van der Waals surface area contributed by atoms with Gasteiger partial charge in [-0.05, 0) is 57.2 Å². The minimum Gasteiger partial charge on any atom is -0.497 e. The van der Waals surface area contributed by atoms with Gasteiger partial charge in [0.2, 0.25) is 0 Å². The number of methoxy groups -OCH3 is 1. The van der Waals surface area contributed by atoms with Crippen LogP contribution in [0.15, 0.2) is 117 Å². The first-order chi connectivity index (χ1) is 20.9. The van der Waals surface area contributed by atoms with Crippen LogP contribution in [0.3, 0.4) is 0 Å². The van der Waals surface area contributed by atoms with Crippen molar-refractivity contribution in [1.82, 2.24) is 10.4 Å². The fourth-order valence-corrected chi connectivity index (χ4v) is 6.25. The second-order valence-corrected chi connectivity index (χ2v) is 11.3. The lowest BCUT2D eigenvalue weighted by molar-refractivity contribution is 0.0732. The summed E-state index contributed by atoms with van der Waals surface area (Å²) in [4.78, 5) is 29.9. The Morgan fingerprint density at radius 1 is 0.860 bits per heavy atom. The molecule has 6 aromatic rings. The van der Waals surface area contributed by atoms with E-state index in [1.807, 2.05) is 60.7 Å². The molecule has 6 rings (SSSR count). The summed E-state index contributed by atoms with van der Waals surface area (Å²) in [6.45, 7) is 0. The quantitative estimate of drug-likeness (QED) is 0.0758. The van der Waals surface area contributed by atoms with E-state index in [0.717, 1.165) is 37.3 Å². The van der Waals surface area contributed by atoms with Crippen LogP contribution in [0.4, 0.5) is 0 Å². The summed E-state index contributed by atoms with van der Waals surface area (Å²) < 4.78 is 12.2. The second kappa shape index (κ2) is 12.2. The van der Waals surface area contributed by atoms with Crippen LogP contribution in [0.5, 0.6) is 11.5 Å². The second-order valence-electron chi connectivity index (χ2n) is 9.58. The number of aromatic nitrogens is 1. The predicted molar refractivity (Wildman–Crippen MR) is 176 cm³/mol. The molecule has 0 bridgehead atoms. The molecule has 2 N–H and O–H groups in total. The van der Waals surface area contributed by atoms with Crippen LogP contribution < -0.4 is 14.9 Å². The molecule has 43 heavy (non-hydrogen) atoms. The highest BCUT2D eigenvalue weighted by atomic mass is 79.9.